The van der Waals surface area contributed by atoms with Gasteiger partial charge in [0.25, 0.3) is 0 Å². The summed E-state index contributed by atoms with van der Waals surface area (Å²) in [6.07, 6.45) is 1.34. The smallest absolute Gasteiger partial charge is 0.161 e. The molecule has 60 valence electrons. The predicted octanol–water partition coefficient (Wildman–Crippen LogP) is 1.81. The first-order valence-corrected chi connectivity index (χ1v) is 3.59. The van der Waals surface area contributed by atoms with Gasteiger partial charge in [0.2, 0.25) is 0 Å². The third-order valence-corrected chi connectivity index (χ3v) is 1.64. The summed E-state index contributed by atoms with van der Waals surface area (Å²) < 4.78 is 0. The molecule has 0 fully saturated rings. The van der Waals surface area contributed by atoms with E-state index in [2.05, 4.69) is 4.98 Å². The Morgan fingerprint density at radius 1 is 1.75 bits per heavy atom. The van der Waals surface area contributed by atoms with Crippen LogP contribution in [0.3, 0.4) is 0 Å². The summed E-state index contributed by atoms with van der Waals surface area (Å²) in [6.45, 7) is 1.42. The van der Waals surface area contributed by atoms with Crippen molar-refractivity contribution in [1.29, 1.82) is 5.26 Å². The first-order chi connectivity index (χ1) is 5.65. The highest BCUT2D eigenvalue weighted by molar-refractivity contribution is 6.31. The second-order valence-corrected chi connectivity index (χ2v) is 2.63. The average molecular weight is 181 g/mol. The number of nitrogens with zero attached hydrogens (tertiary/aromatic N) is 2. The van der Waals surface area contributed by atoms with Gasteiger partial charge in [-0.25, -0.2) is 4.98 Å². The monoisotopic (exact) mass is 180 g/mol. The van der Waals surface area contributed by atoms with E-state index in [1.54, 1.807) is 0 Å². The predicted molar refractivity (Wildman–Crippen MR) is 44.0 cm³/mol. The molecular weight excluding hydrogens is 176 g/mol. The van der Waals surface area contributed by atoms with Crippen molar-refractivity contribution in [3.63, 3.8) is 0 Å². The molecule has 1 aromatic heterocycles. The minimum atomic E-state index is -0.117. The van der Waals surface area contributed by atoms with Crippen LogP contribution in [0.1, 0.15) is 23.0 Å². The molecule has 0 bridgehead atoms. The van der Waals surface area contributed by atoms with Gasteiger partial charge in [0.1, 0.15) is 6.07 Å². The first-order valence-electron chi connectivity index (χ1n) is 3.21. The van der Waals surface area contributed by atoms with Crippen LogP contribution in [0, 0.1) is 11.3 Å². The number of hydrogen-bond acceptors (Lipinski definition) is 3. The summed E-state index contributed by atoms with van der Waals surface area (Å²) in [5.41, 5.74) is 0.556. The number of ketones is 1. The molecule has 0 aromatic carbocycles. The summed E-state index contributed by atoms with van der Waals surface area (Å²) in [4.78, 5) is 14.5. The lowest BCUT2D eigenvalue weighted by atomic mass is 10.2. The Morgan fingerprint density at radius 3 is 2.83 bits per heavy atom. The molecule has 1 aromatic rings. The van der Waals surface area contributed by atoms with Crippen LogP contribution < -0.4 is 0 Å². The molecule has 0 N–H and O–H groups in total. The van der Waals surface area contributed by atoms with Crippen molar-refractivity contribution in [3.8, 4) is 6.07 Å². The molecule has 0 aliphatic heterocycles. The van der Waals surface area contributed by atoms with Crippen LogP contribution in [-0.4, -0.2) is 10.8 Å². The molecule has 0 radical (unpaired) electrons. The molecule has 0 saturated carbocycles. The minimum absolute atomic E-state index is 0.117. The maximum atomic E-state index is 10.8. The normalized spacial score (nSPS) is 9.08. The fraction of sp³-hybridized carbons (Fsp3) is 0.125. The van der Waals surface area contributed by atoms with Crippen molar-refractivity contribution in [1.82, 2.24) is 4.98 Å². The van der Waals surface area contributed by atoms with E-state index in [-0.39, 0.29) is 16.5 Å². The van der Waals surface area contributed by atoms with Gasteiger partial charge >= 0.3 is 0 Å². The molecule has 0 spiro atoms. The molecular formula is C8H5ClN2O. The average Bonchev–Trinajstić information content (AvgIpc) is 2.04. The zero-order chi connectivity index (χ0) is 9.14. The Balaban J connectivity index is 3.21. The van der Waals surface area contributed by atoms with Gasteiger partial charge in [-0.3, -0.25) is 4.79 Å². The van der Waals surface area contributed by atoms with E-state index in [0.29, 0.717) is 5.56 Å². The van der Waals surface area contributed by atoms with E-state index in [1.165, 1.54) is 19.2 Å². The topological polar surface area (TPSA) is 53.8 Å². The van der Waals surface area contributed by atoms with E-state index in [9.17, 15) is 4.79 Å². The Morgan fingerprint density at radius 2 is 2.42 bits per heavy atom. The van der Waals surface area contributed by atoms with Gasteiger partial charge in [0.15, 0.2) is 11.5 Å². The number of rotatable bonds is 1. The highest BCUT2D eigenvalue weighted by atomic mass is 35.5. The summed E-state index contributed by atoms with van der Waals surface area (Å²) in [6, 6.07) is 3.25. The number of nitriles is 1. The first kappa shape index (κ1) is 8.69. The van der Waals surface area contributed by atoms with Crippen LogP contribution >= 0.6 is 11.6 Å². The molecule has 0 amide bonds. The molecule has 0 aliphatic carbocycles. The minimum Gasteiger partial charge on any atom is -0.294 e. The lowest BCUT2D eigenvalue weighted by molar-refractivity contribution is 0.101. The summed E-state index contributed by atoms with van der Waals surface area (Å²) in [7, 11) is 0. The van der Waals surface area contributed by atoms with Crippen LogP contribution in [-0.2, 0) is 0 Å². The van der Waals surface area contributed by atoms with E-state index >= 15 is 0 Å². The highest BCUT2D eigenvalue weighted by Gasteiger charge is 2.04. The molecule has 0 atom stereocenters. The number of carbonyl (C=O) groups excluding carboxylic acids is 1. The lowest BCUT2D eigenvalue weighted by Gasteiger charge is -1.96. The van der Waals surface area contributed by atoms with E-state index < -0.39 is 0 Å². The van der Waals surface area contributed by atoms with Crippen LogP contribution in [0.4, 0.5) is 0 Å². The van der Waals surface area contributed by atoms with Gasteiger partial charge in [-0.2, -0.15) is 5.26 Å². The Bertz CT molecular complexity index is 368. The highest BCUT2D eigenvalue weighted by Crippen LogP contribution is 2.14. The van der Waals surface area contributed by atoms with Crippen LogP contribution in [0.15, 0.2) is 12.3 Å². The molecule has 0 unspecified atom stereocenters. The third kappa shape index (κ3) is 1.60. The van der Waals surface area contributed by atoms with Gasteiger partial charge in [0, 0.05) is 11.8 Å². The number of hydrogen-bond donors (Lipinski definition) is 0. The van der Waals surface area contributed by atoms with Gasteiger partial charge in [-0.15, -0.1) is 0 Å². The molecule has 4 heteroatoms. The Labute approximate surface area is 74.6 Å². The molecule has 0 saturated heterocycles. The van der Waals surface area contributed by atoms with E-state index in [0.717, 1.165) is 0 Å². The summed E-state index contributed by atoms with van der Waals surface area (Å²) in [5.74, 6) is -0.117. The third-order valence-electron chi connectivity index (χ3n) is 1.35. The van der Waals surface area contributed by atoms with Crippen LogP contribution in [0.5, 0.6) is 0 Å². The fourth-order valence-electron chi connectivity index (χ4n) is 0.713. The zero-order valence-corrected chi connectivity index (χ0v) is 7.09. The molecule has 1 heterocycles. The van der Waals surface area contributed by atoms with Crippen molar-refractivity contribution in [3.05, 3.63) is 28.5 Å². The molecule has 0 aliphatic rings. The van der Waals surface area contributed by atoms with E-state index in [1.807, 2.05) is 6.07 Å². The summed E-state index contributed by atoms with van der Waals surface area (Å²) >= 11 is 5.64. The number of aromatic nitrogens is 1. The van der Waals surface area contributed by atoms with Gasteiger partial charge < -0.3 is 0 Å². The molecule has 1 rings (SSSR count). The van der Waals surface area contributed by atoms with Crippen molar-refractivity contribution < 1.29 is 4.79 Å². The van der Waals surface area contributed by atoms with Crippen LogP contribution in [0.25, 0.3) is 0 Å². The maximum Gasteiger partial charge on any atom is 0.161 e. The van der Waals surface area contributed by atoms with Crippen molar-refractivity contribution in [2.24, 2.45) is 0 Å². The number of carbonyl (C=O) groups is 1. The quantitative estimate of drug-likeness (QED) is 0.620. The number of halogens is 1. The Kier molecular flexibility index (Phi) is 2.41. The van der Waals surface area contributed by atoms with Crippen molar-refractivity contribution in [2.45, 2.75) is 6.92 Å². The largest absolute Gasteiger partial charge is 0.294 e. The molecule has 3 nitrogen and oxygen atoms in total. The van der Waals surface area contributed by atoms with Gasteiger partial charge in [-0.05, 0) is 13.0 Å². The maximum absolute atomic E-state index is 10.8. The van der Waals surface area contributed by atoms with Crippen molar-refractivity contribution >= 4 is 17.4 Å². The number of pyridine rings is 1. The fourth-order valence-corrected chi connectivity index (χ4v) is 0.921. The van der Waals surface area contributed by atoms with Gasteiger partial charge in [-0.1, -0.05) is 11.6 Å². The van der Waals surface area contributed by atoms with E-state index in [4.69, 9.17) is 16.9 Å². The second kappa shape index (κ2) is 3.33. The Hall–Kier alpha value is -1.40. The van der Waals surface area contributed by atoms with Crippen molar-refractivity contribution in [2.75, 3.05) is 0 Å². The molecule has 12 heavy (non-hydrogen) atoms. The second-order valence-electron chi connectivity index (χ2n) is 2.22. The summed E-state index contributed by atoms with van der Waals surface area (Å²) in [5, 5.41) is 8.68. The van der Waals surface area contributed by atoms with Gasteiger partial charge in [0.05, 0.1) is 5.02 Å². The lowest BCUT2D eigenvalue weighted by Crippen LogP contribution is -1.94. The standard InChI is InChI=1S/C8H5ClN2O/c1-5(12)6-2-7(9)8(3-10)11-4-6/h2,4H,1H3. The zero-order valence-electron chi connectivity index (χ0n) is 6.34. The van der Waals surface area contributed by atoms with Crippen LogP contribution in [0.2, 0.25) is 5.02 Å². The SMILES string of the molecule is CC(=O)c1cnc(C#N)c(Cl)c1. The number of Topliss-reactive ketones (excluding diaryl/α,β-unsaturated/α-hetero) is 1.